The maximum atomic E-state index is 3.42. The molecule has 1 saturated heterocycles. The number of hydrogen-bond acceptors (Lipinski definition) is 2. The lowest BCUT2D eigenvalue weighted by Crippen LogP contribution is -2.54. The van der Waals surface area contributed by atoms with Crippen LogP contribution in [0.4, 0.5) is 0 Å². The SMILES string of the molecule is CCCNCCN1CC(C)(C)C1. The third-order valence-electron chi connectivity index (χ3n) is 2.33. The Morgan fingerprint density at radius 3 is 2.42 bits per heavy atom. The number of nitrogens with zero attached hydrogens (tertiary/aromatic N) is 1. The lowest BCUT2D eigenvalue weighted by atomic mass is 9.84. The molecule has 0 aromatic carbocycles. The van der Waals surface area contributed by atoms with E-state index in [2.05, 4.69) is 31.0 Å². The molecular weight excluding hydrogens is 148 g/mol. The van der Waals surface area contributed by atoms with Crippen molar-refractivity contribution in [3.8, 4) is 0 Å². The first-order valence-corrected chi connectivity index (χ1v) is 5.07. The number of hydrogen-bond donors (Lipinski definition) is 1. The van der Waals surface area contributed by atoms with E-state index in [1.54, 1.807) is 0 Å². The molecule has 1 aliphatic rings. The minimum atomic E-state index is 0.588. The first-order chi connectivity index (χ1) is 5.64. The lowest BCUT2D eigenvalue weighted by molar-refractivity contribution is 0.0325. The van der Waals surface area contributed by atoms with Gasteiger partial charge in [-0.1, -0.05) is 20.8 Å². The Balaban J connectivity index is 1.90. The van der Waals surface area contributed by atoms with E-state index in [1.807, 2.05) is 0 Å². The van der Waals surface area contributed by atoms with Crippen LogP contribution in [0.5, 0.6) is 0 Å². The van der Waals surface area contributed by atoms with E-state index in [9.17, 15) is 0 Å². The fourth-order valence-corrected chi connectivity index (χ4v) is 1.86. The molecule has 0 radical (unpaired) electrons. The van der Waals surface area contributed by atoms with Crippen molar-refractivity contribution in [1.82, 2.24) is 10.2 Å². The molecule has 0 spiro atoms. The molecule has 2 heteroatoms. The topological polar surface area (TPSA) is 15.3 Å². The van der Waals surface area contributed by atoms with Crippen LogP contribution in [0.3, 0.4) is 0 Å². The Morgan fingerprint density at radius 2 is 1.92 bits per heavy atom. The van der Waals surface area contributed by atoms with Crippen molar-refractivity contribution in [2.75, 3.05) is 32.7 Å². The van der Waals surface area contributed by atoms with Gasteiger partial charge in [-0.25, -0.2) is 0 Å². The van der Waals surface area contributed by atoms with Crippen molar-refractivity contribution >= 4 is 0 Å². The first kappa shape index (κ1) is 10.0. The van der Waals surface area contributed by atoms with E-state index < -0.39 is 0 Å². The summed E-state index contributed by atoms with van der Waals surface area (Å²) >= 11 is 0. The van der Waals surface area contributed by atoms with E-state index in [0.29, 0.717) is 5.41 Å². The van der Waals surface area contributed by atoms with Crippen LogP contribution in [0.2, 0.25) is 0 Å². The Kier molecular flexibility index (Phi) is 3.53. The second-order valence-electron chi connectivity index (χ2n) is 4.62. The second kappa shape index (κ2) is 4.24. The molecule has 72 valence electrons. The highest BCUT2D eigenvalue weighted by atomic mass is 15.2. The van der Waals surface area contributed by atoms with Crippen molar-refractivity contribution < 1.29 is 0 Å². The summed E-state index contributed by atoms with van der Waals surface area (Å²) in [7, 11) is 0. The van der Waals surface area contributed by atoms with Crippen LogP contribution in [0.1, 0.15) is 27.2 Å². The summed E-state index contributed by atoms with van der Waals surface area (Å²) in [6.07, 6.45) is 1.24. The van der Waals surface area contributed by atoms with Crippen LogP contribution >= 0.6 is 0 Å². The molecule has 12 heavy (non-hydrogen) atoms. The first-order valence-electron chi connectivity index (χ1n) is 5.07. The summed E-state index contributed by atoms with van der Waals surface area (Å²) in [5, 5.41) is 3.42. The van der Waals surface area contributed by atoms with Crippen LogP contribution in [-0.2, 0) is 0 Å². The van der Waals surface area contributed by atoms with Crippen LogP contribution in [0, 0.1) is 5.41 Å². The van der Waals surface area contributed by atoms with Crippen LogP contribution in [0.15, 0.2) is 0 Å². The largest absolute Gasteiger partial charge is 0.315 e. The van der Waals surface area contributed by atoms with Gasteiger partial charge in [0, 0.05) is 26.2 Å². The zero-order valence-electron chi connectivity index (χ0n) is 8.69. The molecule has 0 atom stereocenters. The summed E-state index contributed by atoms with van der Waals surface area (Å²) < 4.78 is 0. The molecule has 1 rings (SSSR count). The van der Waals surface area contributed by atoms with Gasteiger partial charge in [-0.15, -0.1) is 0 Å². The predicted octanol–water partition coefficient (Wildman–Crippen LogP) is 1.33. The van der Waals surface area contributed by atoms with Gasteiger partial charge in [0.1, 0.15) is 0 Å². The minimum Gasteiger partial charge on any atom is -0.315 e. The van der Waals surface area contributed by atoms with Gasteiger partial charge in [-0.05, 0) is 18.4 Å². The third kappa shape index (κ3) is 3.11. The highest BCUT2D eigenvalue weighted by Gasteiger charge is 2.32. The molecule has 1 N–H and O–H groups in total. The van der Waals surface area contributed by atoms with Crippen molar-refractivity contribution in [2.24, 2.45) is 5.41 Å². The standard InChI is InChI=1S/C10H22N2/c1-4-5-11-6-7-12-8-10(2,3)9-12/h11H,4-9H2,1-3H3. The highest BCUT2D eigenvalue weighted by molar-refractivity contribution is 4.87. The molecule has 0 bridgehead atoms. The van der Waals surface area contributed by atoms with E-state index in [0.717, 1.165) is 13.1 Å². The highest BCUT2D eigenvalue weighted by Crippen LogP contribution is 2.27. The summed E-state index contributed by atoms with van der Waals surface area (Å²) in [6, 6.07) is 0. The molecular formula is C10H22N2. The minimum absolute atomic E-state index is 0.588. The van der Waals surface area contributed by atoms with Crippen molar-refractivity contribution in [1.29, 1.82) is 0 Å². The zero-order chi connectivity index (χ0) is 9.03. The summed E-state index contributed by atoms with van der Waals surface area (Å²) in [4.78, 5) is 2.52. The van der Waals surface area contributed by atoms with Crippen LogP contribution in [0.25, 0.3) is 0 Å². The fraction of sp³-hybridized carbons (Fsp3) is 1.00. The molecule has 1 aliphatic heterocycles. The Hall–Kier alpha value is -0.0800. The monoisotopic (exact) mass is 170 g/mol. The van der Waals surface area contributed by atoms with E-state index in [1.165, 1.54) is 26.1 Å². The maximum Gasteiger partial charge on any atom is 0.0107 e. The van der Waals surface area contributed by atoms with Crippen molar-refractivity contribution in [3.05, 3.63) is 0 Å². The molecule has 2 nitrogen and oxygen atoms in total. The van der Waals surface area contributed by atoms with E-state index >= 15 is 0 Å². The second-order valence-corrected chi connectivity index (χ2v) is 4.62. The third-order valence-corrected chi connectivity index (χ3v) is 2.33. The Morgan fingerprint density at radius 1 is 1.25 bits per heavy atom. The maximum absolute atomic E-state index is 3.42. The Labute approximate surface area is 76.3 Å². The van der Waals surface area contributed by atoms with Gasteiger partial charge in [-0.2, -0.15) is 0 Å². The van der Waals surface area contributed by atoms with Crippen LogP contribution < -0.4 is 5.32 Å². The van der Waals surface area contributed by atoms with Gasteiger partial charge >= 0.3 is 0 Å². The molecule has 0 aliphatic carbocycles. The van der Waals surface area contributed by atoms with Gasteiger partial charge in [0.05, 0.1) is 0 Å². The summed E-state index contributed by atoms with van der Waals surface area (Å²) in [5.74, 6) is 0. The van der Waals surface area contributed by atoms with Gasteiger partial charge < -0.3 is 10.2 Å². The molecule has 1 heterocycles. The van der Waals surface area contributed by atoms with E-state index in [-0.39, 0.29) is 0 Å². The van der Waals surface area contributed by atoms with Gasteiger partial charge in [0.2, 0.25) is 0 Å². The van der Waals surface area contributed by atoms with Crippen LogP contribution in [-0.4, -0.2) is 37.6 Å². The molecule has 0 saturated carbocycles. The van der Waals surface area contributed by atoms with Gasteiger partial charge in [0.25, 0.3) is 0 Å². The normalized spacial score (nSPS) is 22.2. The van der Waals surface area contributed by atoms with Crippen molar-refractivity contribution in [3.63, 3.8) is 0 Å². The fourth-order valence-electron chi connectivity index (χ4n) is 1.86. The summed E-state index contributed by atoms with van der Waals surface area (Å²) in [6.45, 7) is 13.0. The van der Waals surface area contributed by atoms with Crippen molar-refractivity contribution in [2.45, 2.75) is 27.2 Å². The van der Waals surface area contributed by atoms with Gasteiger partial charge in [-0.3, -0.25) is 0 Å². The van der Waals surface area contributed by atoms with E-state index in [4.69, 9.17) is 0 Å². The number of nitrogens with one attached hydrogen (secondary N) is 1. The molecule has 0 aromatic heterocycles. The summed E-state index contributed by atoms with van der Waals surface area (Å²) in [5.41, 5.74) is 0.588. The van der Waals surface area contributed by atoms with Gasteiger partial charge in [0.15, 0.2) is 0 Å². The Bertz CT molecular complexity index is 124. The number of rotatable bonds is 5. The molecule has 0 amide bonds. The quantitative estimate of drug-likeness (QED) is 0.626. The molecule has 0 unspecified atom stereocenters. The average Bonchev–Trinajstić information content (AvgIpc) is 1.94. The molecule has 1 fully saturated rings. The number of likely N-dealkylation sites (tertiary alicyclic amines) is 1. The average molecular weight is 170 g/mol. The predicted molar refractivity (Wildman–Crippen MR) is 53.4 cm³/mol. The smallest absolute Gasteiger partial charge is 0.0107 e. The zero-order valence-corrected chi connectivity index (χ0v) is 8.69. The lowest BCUT2D eigenvalue weighted by Gasteiger charge is -2.46. The molecule has 0 aromatic rings.